The van der Waals surface area contributed by atoms with E-state index in [0.29, 0.717) is 17.9 Å². The minimum atomic E-state index is -0.652. The second-order valence-electron chi connectivity index (χ2n) is 7.58. The third-order valence-electron chi connectivity index (χ3n) is 4.68. The predicted molar refractivity (Wildman–Crippen MR) is 104 cm³/mol. The van der Waals surface area contributed by atoms with Crippen LogP contribution < -0.4 is 19.5 Å². The van der Waals surface area contributed by atoms with Gasteiger partial charge in [0.1, 0.15) is 11.4 Å². The summed E-state index contributed by atoms with van der Waals surface area (Å²) in [6, 6.07) is 13.3. The number of ether oxygens (including phenoxy) is 3. The van der Waals surface area contributed by atoms with Gasteiger partial charge in [0.05, 0.1) is 13.2 Å². The molecule has 27 heavy (non-hydrogen) atoms. The lowest BCUT2D eigenvalue weighted by molar-refractivity contribution is -0.128. The molecular weight excluding hydrogens is 342 g/mol. The Hall–Kier alpha value is -2.69. The number of nitrogens with one attached hydrogen (secondary N) is 1. The molecule has 0 spiro atoms. The Morgan fingerprint density at radius 3 is 2.63 bits per heavy atom. The predicted octanol–water partition coefficient (Wildman–Crippen LogP) is 4.19. The number of carbonyl (C=O) groups excluding carboxylic acids is 1. The topological polar surface area (TPSA) is 56.8 Å². The van der Waals surface area contributed by atoms with Crippen LogP contribution in [-0.4, -0.2) is 24.7 Å². The van der Waals surface area contributed by atoms with Crippen LogP contribution in [-0.2, 0) is 4.79 Å². The molecule has 1 N–H and O–H groups in total. The van der Waals surface area contributed by atoms with Gasteiger partial charge in [-0.1, -0.05) is 24.3 Å². The fourth-order valence-electron chi connectivity index (χ4n) is 3.34. The summed E-state index contributed by atoms with van der Waals surface area (Å²) in [6.45, 7) is 7.84. The van der Waals surface area contributed by atoms with Gasteiger partial charge in [-0.2, -0.15) is 0 Å². The molecule has 144 valence electrons. The third kappa shape index (κ3) is 4.35. The summed E-state index contributed by atoms with van der Waals surface area (Å²) in [5.41, 5.74) is 1.77. The Balaban J connectivity index is 1.75. The van der Waals surface area contributed by atoms with E-state index >= 15 is 0 Å². The Morgan fingerprint density at radius 2 is 1.93 bits per heavy atom. The Kier molecular flexibility index (Phi) is 5.31. The van der Waals surface area contributed by atoms with E-state index in [1.165, 1.54) is 0 Å². The van der Waals surface area contributed by atoms with E-state index in [4.69, 9.17) is 14.2 Å². The monoisotopic (exact) mass is 369 g/mol. The van der Waals surface area contributed by atoms with Crippen molar-refractivity contribution in [1.82, 2.24) is 5.32 Å². The van der Waals surface area contributed by atoms with Crippen molar-refractivity contribution in [3.8, 4) is 17.2 Å². The molecular formula is C22H27NO4. The normalized spacial score (nSPS) is 18.6. The van der Waals surface area contributed by atoms with Crippen molar-refractivity contribution < 1.29 is 19.0 Å². The number of benzene rings is 2. The summed E-state index contributed by atoms with van der Waals surface area (Å²) >= 11 is 0. The summed E-state index contributed by atoms with van der Waals surface area (Å²) in [5, 5.41) is 3.12. The number of carbonyl (C=O) groups is 1. The lowest BCUT2D eigenvalue weighted by Crippen LogP contribution is -2.44. The van der Waals surface area contributed by atoms with E-state index < -0.39 is 6.10 Å². The summed E-state index contributed by atoms with van der Waals surface area (Å²) in [7, 11) is 1.58. The molecule has 5 heteroatoms. The number of amides is 1. The molecule has 0 aliphatic carbocycles. The van der Waals surface area contributed by atoms with Crippen LogP contribution in [0.15, 0.2) is 42.5 Å². The van der Waals surface area contributed by atoms with Crippen LogP contribution in [0.1, 0.15) is 44.4 Å². The van der Waals surface area contributed by atoms with Crippen molar-refractivity contribution >= 4 is 5.91 Å². The molecule has 2 aromatic carbocycles. The number of fused-ring (bicyclic) bond motifs is 1. The lowest BCUT2D eigenvalue weighted by atomic mass is 9.89. The molecule has 3 rings (SSSR count). The first kappa shape index (κ1) is 19.1. The van der Waals surface area contributed by atoms with Gasteiger partial charge in [0.2, 0.25) is 0 Å². The molecule has 0 saturated carbocycles. The molecule has 1 heterocycles. The second-order valence-corrected chi connectivity index (χ2v) is 7.58. The molecule has 2 aromatic rings. The SMILES string of the molecule is COc1ccccc1O[C@H](C)C(=O)N[C@H]1CC(C)(C)Oc2cc(C)ccc21. The second kappa shape index (κ2) is 7.51. The number of hydrogen-bond acceptors (Lipinski definition) is 4. The summed E-state index contributed by atoms with van der Waals surface area (Å²) in [5.74, 6) is 1.81. The van der Waals surface area contributed by atoms with Gasteiger partial charge < -0.3 is 19.5 Å². The number of rotatable bonds is 5. The first-order chi connectivity index (χ1) is 12.8. The fourth-order valence-corrected chi connectivity index (χ4v) is 3.34. The fraction of sp³-hybridized carbons (Fsp3) is 0.409. The molecule has 0 bridgehead atoms. The minimum absolute atomic E-state index is 0.124. The number of aryl methyl sites for hydroxylation is 1. The van der Waals surface area contributed by atoms with E-state index in [-0.39, 0.29) is 17.6 Å². The van der Waals surface area contributed by atoms with Gasteiger partial charge in [-0.3, -0.25) is 4.79 Å². The zero-order valence-electron chi connectivity index (χ0n) is 16.5. The van der Waals surface area contributed by atoms with Crippen LogP contribution in [0.25, 0.3) is 0 Å². The van der Waals surface area contributed by atoms with Crippen LogP contribution in [0.3, 0.4) is 0 Å². The van der Waals surface area contributed by atoms with E-state index in [2.05, 4.69) is 5.32 Å². The van der Waals surface area contributed by atoms with Crippen LogP contribution >= 0.6 is 0 Å². The van der Waals surface area contributed by atoms with Crippen molar-refractivity contribution in [3.05, 3.63) is 53.6 Å². The van der Waals surface area contributed by atoms with Crippen molar-refractivity contribution in [3.63, 3.8) is 0 Å². The first-order valence-corrected chi connectivity index (χ1v) is 9.19. The van der Waals surface area contributed by atoms with Gasteiger partial charge >= 0.3 is 0 Å². The van der Waals surface area contributed by atoms with Gasteiger partial charge in [0.25, 0.3) is 5.91 Å². The maximum Gasteiger partial charge on any atom is 0.261 e. The van der Waals surface area contributed by atoms with Crippen molar-refractivity contribution in [2.45, 2.75) is 51.9 Å². The summed E-state index contributed by atoms with van der Waals surface area (Å²) in [4.78, 5) is 12.8. The number of para-hydroxylation sites is 2. The van der Waals surface area contributed by atoms with E-state index in [1.807, 2.05) is 51.1 Å². The zero-order valence-corrected chi connectivity index (χ0v) is 16.5. The maximum atomic E-state index is 12.8. The Bertz CT molecular complexity index is 831. The van der Waals surface area contributed by atoms with Crippen molar-refractivity contribution in [1.29, 1.82) is 0 Å². The van der Waals surface area contributed by atoms with Gasteiger partial charge in [-0.05, 0) is 51.5 Å². The highest BCUT2D eigenvalue weighted by Gasteiger charge is 2.35. The summed E-state index contributed by atoms with van der Waals surface area (Å²) in [6.07, 6.45) is 0.0389. The highest BCUT2D eigenvalue weighted by molar-refractivity contribution is 5.81. The standard InChI is InChI=1S/C22H27NO4/c1-14-10-11-16-17(13-22(3,4)27-20(16)12-14)23-21(24)15(2)26-19-9-7-6-8-18(19)25-5/h6-12,15,17H,13H2,1-5H3,(H,23,24)/t15-,17+/m1/s1. The quantitative estimate of drug-likeness (QED) is 0.859. The van der Waals surface area contributed by atoms with Crippen molar-refractivity contribution in [2.24, 2.45) is 0 Å². The van der Waals surface area contributed by atoms with E-state index in [1.54, 1.807) is 26.2 Å². The Labute approximate surface area is 160 Å². The lowest BCUT2D eigenvalue weighted by Gasteiger charge is -2.38. The highest BCUT2D eigenvalue weighted by atomic mass is 16.5. The van der Waals surface area contributed by atoms with Gasteiger partial charge in [0.15, 0.2) is 17.6 Å². The van der Waals surface area contributed by atoms with Gasteiger partial charge in [-0.15, -0.1) is 0 Å². The average molecular weight is 369 g/mol. The molecule has 5 nitrogen and oxygen atoms in total. The number of methoxy groups -OCH3 is 1. The number of hydrogen-bond donors (Lipinski definition) is 1. The molecule has 1 aliphatic rings. The van der Waals surface area contributed by atoms with Crippen LogP contribution in [0.4, 0.5) is 0 Å². The molecule has 0 unspecified atom stereocenters. The molecule has 1 aliphatic heterocycles. The van der Waals surface area contributed by atoms with Gasteiger partial charge in [0, 0.05) is 12.0 Å². The van der Waals surface area contributed by atoms with Crippen LogP contribution in [0.2, 0.25) is 0 Å². The maximum absolute atomic E-state index is 12.8. The molecule has 0 fully saturated rings. The average Bonchev–Trinajstić information content (AvgIpc) is 2.60. The van der Waals surface area contributed by atoms with Gasteiger partial charge in [-0.25, -0.2) is 0 Å². The third-order valence-corrected chi connectivity index (χ3v) is 4.68. The zero-order chi connectivity index (χ0) is 19.6. The smallest absolute Gasteiger partial charge is 0.261 e. The van der Waals surface area contributed by atoms with Crippen LogP contribution in [0, 0.1) is 6.92 Å². The summed E-state index contributed by atoms with van der Waals surface area (Å²) < 4.78 is 17.2. The van der Waals surface area contributed by atoms with E-state index in [9.17, 15) is 4.79 Å². The van der Waals surface area contributed by atoms with Crippen LogP contribution in [0.5, 0.6) is 17.2 Å². The largest absolute Gasteiger partial charge is 0.493 e. The highest BCUT2D eigenvalue weighted by Crippen LogP contribution is 2.40. The first-order valence-electron chi connectivity index (χ1n) is 9.19. The minimum Gasteiger partial charge on any atom is -0.493 e. The molecule has 0 saturated heterocycles. The Morgan fingerprint density at radius 1 is 1.22 bits per heavy atom. The molecule has 2 atom stereocenters. The molecule has 1 amide bonds. The molecule has 0 aromatic heterocycles. The van der Waals surface area contributed by atoms with Crippen molar-refractivity contribution in [2.75, 3.05) is 7.11 Å². The molecule has 0 radical (unpaired) electrons. The van der Waals surface area contributed by atoms with E-state index in [0.717, 1.165) is 16.9 Å².